The number of nitrogen functional groups attached to an aromatic ring is 1. The molecule has 0 atom stereocenters. The van der Waals surface area contributed by atoms with Gasteiger partial charge in [-0.15, -0.1) is 0 Å². The van der Waals surface area contributed by atoms with Crippen molar-refractivity contribution in [3.63, 3.8) is 0 Å². The first-order valence-electron chi connectivity index (χ1n) is 5.33. The third-order valence-corrected chi connectivity index (χ3v) is 3.21. The number of hydrogen-bond donors (Lipinski definition) is 3. The lowest BCUT2D eigenvalue weighted by Gasteiger charge is -2.08. The highest BCUT2D eigenvalue weighted by Crippen LogP contribution is 2.26. The number of alkyl halides is 2. The molecule has 9 heteroatoms. The van der Waals surface area contributed by atoms with Crippen LogP contribution in [0.4, 0.5) is 30.0 Å². The second kappa shape index (κ2) is 6.02. The lowest BCUT2D eigenvalue weighted by Crippen LogP contribution is -2.19. The SMILES string of the molecule is Nc1ccc(Cl)cc1NC(=O)Nc1cc(C(F)F)ns1. The van der Waals surface area contributed by atoms with Crippen LogP contribution in [0.1, 0.15) is 12.1 Å². The van der Waals surface area contributed by atoms with Crippen LogP contribution in [0.2, 0.25) is 5.02 Å². The minimum absolute atomic E-state index is 0.207. The Morgan fingerprint density at radius 3 is 2.75 bits per heavy atom. The van der Waals surface area contributed by atoms with E-state index in [0.717, 1.165) is 17.6 Å². The van der Waals surface area contributed by atoms with E-state index in [1.807, 2.05) is 0 Å². The number of nitrogens with zero attached hydrogens (tertiary/aromatic N) is 1. The van der Waals surface area contributed by atoms with Crippen LogP contribution in [-0.4, -0.2) is 10.4 Å². The maximum Gasteiger partial charge on any atom is 0.324 e. The summed E-state index contributed by atoms with van der Waals surface area (Å²) < 4.78 is 28.2. The molecular weight excluding hydrogens is 310 g/mol. The molecule has 1 aromatic heterocycles. The minimum Gasteiger partial charge on any atom is -0.397 e. The standard InChI is InChI=1S/C11H9ClF2N4OS/c12-5-1-2-6(15)7(3-5)16-11(19)17-9-4-8(10(13)14)18-20-9/h1-4,10H,15H2,(H2,16,17,19). The highest BCUT2D eigenvalue weighted by molar-refractivity contribution is 7.10. The first-order valence-corrected chi connectivity index (χ1v) is 6.48. The van der Waals surface area contributed by atoms with Gasteiger partial charge >= 0.3 is 6.03 Å². The number of benzene rings is 1. The largest absolute Gasteiger partial charge is 0.397 e. The number of amides is 2. The van der Waals surface area contributed by atoms with E-state index in [9.17, 15) is 13.6 Å². The van der Waals surface area contributed by atoms with Crippen molar-refractivity contribution in [2.75, 3.05) is 16.4 Å². The van der Waals surface area contributed by atoms with Crippen LogP contribution in [0.15, 0.2) is 24.3 Å². The highest BCUT2D eigenvalue weighted by Gasteiger charge is 2.13. The fourth-order valence-electron chi connectivity index (χ4n) is 1.35. The molecule has 0 aliphatic heterocycles. The number of carbonyl (C=O) groups excluding carboxylic acids is 1. The number of nitrogens with two attached hydrogens (primary N) is 1. The van der Waals surface area contributed by atoms with Crippen molar-refractivity contribution in [3.8, 4) is 0 Å². The van der Waals surface area contributed by atoms with Gasteiger partial charge in [-0.2, -0.15) is 4.37 Å². The molecule has 2 amide bonds. The van der Waals surface area contributed by atoms with E-state index in [4.69, 9.17) is 17.3 Å². The molecule has 0 unspecified atom stereocenters. The van der Waals surface area contributed by atoms with Crippen LogP contribution < -0.4 is 16.4 Å². The fraction of sp³-hybridized carbons (Fsp3) is 0.0909. The van der Waals surface area contributed by atoms with Gasteiger partial charge in [0.25, 0.3) is 6.43 Å². The molecule has 0 aliphatic rings. The zero-order valence-electron chi connectivity index (χ0n) is 9.86. The molecule has 2 rings (SSSR count). The Kier molecular flexibility index (Phi) is 4.35. The third kappa shape index (κ3) is 3.55. The summed E-state index contributed by atoms with van der Waals surface area (Å²) in [7, 11) is 0. The van der Waals surface area contributed by atoms with Crippen LogP contribution in [0.5, 0.6) is 0 Å². The van der Waals surface area contributed by atoms with Crippen LogP contribution >= 0.6 is 23.1 Å². The number of nitrogens with one attached hydrogen (secondary N) is 2. The molecule has 0 aliphatic carbocycles. The molecule has 20 heavy (non-hydrogen) atoms. The number of hydrogen-bond acceptors (Lipinski definition) is 4. The fourth-order valence-corrected chi connectivity index (χ4v) is 2.17. The number of urea groups is 1. The monoisotopic (exact) mass is 318 g/mol. The first-order chi connectivity index (χ1) is 9.45. The van der Waals surface area contributed by atoms with Crippen LogP contribution in [-0.2, 0) is 0 Å². The van der Waals surface area contributed by atoms with Gasteiger partial charge in [-0.3, -0.25) is 5.32 Å². The van der Waals surface area contributed by atoms with E-state index in [1.165, 1.54) is 6.07 Å². The van der Waals surface area contributed by atoms with Crippen LogP contribution in [0.25, 0.3) is 0 Å². The molecule has 0 spiro atoms. The first kappa shape index (κ1) is 14.5. The summed E-state index contributed by atoms with van der Waals surface area (Å²) in [4.78, 5) is 11.7. The summed E-state index contributed by atoms with van der Waals surface area (Å²) in [5, 5.41) is 5.47. The van der Waals surface area contributed by atoms with Gasteiger partial charge in [0.1, 0.15) is 10.7 Å². The maximum absolute atomic E-state index is 12.3. The van der Waals surface area contributed by atoms with Gasteiger partial charge in [-0.1, -0.05) is 11.6 Å². The molecule has 2 aromatic rings. The topological polar surface area (TPSA) is 80.0 Å². The Balaban J connectivity index is 2.03. The summed E-state index contributed by atoms with van der Waals surface area (Å²) in [5.74, 6) is 0. The van der Waals surface area contributed by atoms with Gasteiger partial charge in [-0.25, -0.2) is 13.6 Å². The highest BCUT2D eigenvalue weighted by atomic mass is 35.5. The number of halogens is 3. The Morgan fingerprint density at radius 1 is 1.35 bits per heavy atom. The van der Waals surface area contributed by atoms with Gasteiger partial charge in [0, 0.05) is 11.1 Å². The van der Waals surface area contributed by atoms with Gasteiger partial charge in [0.2, 0.25) is 0 Å². The summed E-state index contributed by atoms with van der Waals surface area (Å²) >= 11 is 6.54. The Labute approximate surface area is 121 Å². The van der Waals surface area contributed by atoms with Crippen molar-refractivity contribution < 1.29 is 13.6 Å². The zero-order chi connectivity index (χ0) is 14.7. The lowest BCUT2D eigenvalue weighted by molar-refractivity contribution is 0.147. The van der Waals surface area contributed by atoms with Crippen LogP contribution in [0.3, 0.4) is 0 Å². The molecular formula is C11H9ClF2N4OS. The predicted molar refractivity (Wildman–Crippen MR) is 75.6 cm³/mol. The summed E-state index contributed by atoms with van der Waals surface area (Å²) in [6.45, 7) is 0. The maximum atomic E-state index is 12.3. The smallest absolute Gasteiger partial charge is 0.324 e. The molecule has 0 radical (unpaired) electrons. The van der Waals surface area contributed by atoms with Crippen molar-refractivity contribution in [3.05, 3.63) is 35.0 Å². The second-order valence-electron chi connectivity index (χ2n) is 3.73. The molecule has 106 valence electrons. The van der Waals surface area contributed by atoms with Crippen molar-refractivity contribution in [2.24, 2.45) is 0 Å². The predicted octanol–water partition coefficient (Wildman–Crippen LogP) is 3.96. The Hall–Kier alpha value is -1.93. The molecule has 0 saturated carbocycles. The van der Waals surface area contributed by atoms with E-state index in [2.05, 4.69) is 15.0 Å². The average Bonchev–Trinajstić information content (AvgIpc) is 2.82. The molecule has 5 nitrogen and oxygen atoms in total. The third-order valence-electron chi connectivity index (χ3n) is 2.25. The molecule has 0 saturated heterocycles. The van der Waals surface area contributed by atoms with E-state index in [-0.39, 0.29) is 10.7 Å². The van der Waals surface area contributed by atoms with Crippen molar-refractivity contribution in [1.82, 2.24) is 4.37 Å². The van der Waals surface area contributed by atoms with Gasteiger partial charge in [-0.05, 0) is 29.7 Å². The summed E-state index contributed by atoms with van der Waals surface area (Å²) in [6, 6.07) is 5.09. The van der Waals surface area contributed by atoms with Crippen molar-refractivity contribution >= 4 is 45.5 Å². The lowest BCUT2D eigenvalue weighted by atomic mass is 10.3. The number of aromatic nitrogens is 1. The number of rotatable bonds is 3. The molecule has 0 fully saturated rings. The van der Waals surface area contributed by atoms with E-state index in [0.29, 0.717) is 16.4 Å². The van der Waals surface area contributed by atoms with E-state index < -0.39 is 12.5 Å². The Morgan fingerprint density at radius 2 is 2.10 bits per heavy atom. The normalized spacial score (nSPS) is 10.6. The number of anilines is 3. The van der Waals surface area contributed by atoms with Gasteiger partial charge in [0.15, 0.2) is 0 Å². The van der Waals surface area contributed by atoms with Crippen LogP contribution in [0, 0.1) is 0 Å². The molecule has 4 N–H and O–H groups in total. The molecule has 1 aromatic carbocycles. The van der Waals surface area contributed by atoms with Gasteiger partial charge < -0.3 is 11.1 Å². The van der Waals surface area contributed by atoms with Gasteiger partial charge in [0.05, 0.1) is 11.4 Å². The average molecular weight is 319 g/mol. The number of carbonyl (C=O) groups is 1. The second-order valence-corrected chi connectivity index (χ2v) is 4.97. The summed E-state index contributed by atoms with van der Waals surface area (Å²) in [5.41, 5.74) is 5.95. The minimum atomic E-state index is -2.67. The quantitative estimate of drug-likeness (QED) is 0.749. The van der Waals surface area contributed by atoms with Crippen molar-refractivity contribution in [2.45, 2.75) is 6.43 Å². The Bertz CT molecular complexity index is 635. The van der Waals surface area contributed by atoms with E-state index in [1.54, 1.807) is 12.1 Å². The zero-order valence-corrected chi connectivity index (χ0v) is 11.4. The molecule has 1 heterocycles. The summed E-state index contributed by atoms with van der Waals surface area (Å²) in [6.07, 6.45) is -2.67. The molecule has 0 bridgehead atoms. The van der Waals surface area contributed by atoms with E-state index >= 15 is 0 Å². The van der Waals surface area contributed by atoms with Crippen molar-refractivity contribution in [1.29, 1.82) is 0 Å².